The number of carbonyl (C=O) groups excluding carboxylic acids is 3. The smallest absolute Gasteiger partial charge is 0.325 e. The Hall–Kier alpha value is -3.26. The van der Waals surface area contributed by atoms with Gasteiger partial charge in [0, 0.05) is 0 Å². The number of carbonyl (C=O) groups is 3. The molecule has 2 aromatic carbocycles. The molecule has 1 atom stereocenters. The molecule has 1 aliphatic rings. The molecule has 1 saturated heterocycles. The number of thiazole rings is 1. The van der Waals surface area contributed by atoms with Gasteiger partial charge in [0.1, 0.15) is 6.04 Å². The van der Waals surface area contributed by atoms with Crippen LogP contribution in [0.1, 0.15) is 12.0 Å². The van der Waals surface area contributed by atoms with Crippen LogP contribution < -0.4 is 10.6 Å². The molecule has 0 radical (unpaired) electrons. The number of amides is 4. The van der Waals surface area contributed by atoms with Gasteiger partial charge in [-0.1, -0.05) is 53.8 Å². The van der Waals surface area contributed by atoms with Gasteiger partial charge >= 0.3 is 6.03 Å². The summed E-state index contributed by atoms with van der Waals surface area (Å²) in [6.45, 7) is 0.182. The van der Waals surface area contributed by atoms with Crippen molar-refractivity contribution in [3.63, 3.8) is 0 Å². The highest BCUT2D eigenvalue weighted by molar-refractivity contribution is 7.22. The van der Waals surface area contributed by atoms with Crippen molar-refractivity contribution in [1.82, 2.24) is 15.2 Å². The number of nitrogens with zero attached hydrogens (tertiary/aromatic N) is 2. The first kappa shape index (κ1) is 17.2. The molecule has 1 aliphatic heterocycles. The molecule has 1 fully saturated rings. The van der Waals surface area contributed by atoms with Gasteiger partial charge in [0.05, 0.1) is 23.2 Å². The summed E-state index contributed by atoms with van der Waals surface area (Å²) in [5.74, 6) is -0.766. The molecule has 27 heavy (non-hydrogen) atoms. The van der Waals surface area contributed by atoms with E-state index in [0.29, 0.717) is 5.13 Å². The summed E-state index contributed by atoms with van der Waals surface area (Å²) < 4.78 is 0.965. The van der Waals surface area contributed by atoms with Crippen molar-refractivity contribution in [2.24, 2.45) is 0 Å². The van der Waals surface area contributed by atoms with Crippen LogP contribution >= 0.6 is 11.3 Å². The molecule has 0 saturated carbocycles. The lowest BCUT2D eigenvalue weighted by atomic mass is 10.2. The van der Waals surface area contributed by atoms with Gasteiger partial charge in [-0.15, -0.1) is 0 Å². The molecular weight excluding hydrogens is 364 g/mol. The fourth-order valence-electron chi connectivity index (χ4n) is 2.91. The topological polar surface area (TPSA) is 91.4 Å². The van der Waals surface area contributed by atoms with Crippen LogP contribution in [0.5, 0.6) is 0 Å². The minimum Gasteiger partial charge on any atom is -0.325 e. The number of hydrogen-bond acceptors (Lipinski definition) is 5. The quantitative estimate of drug-likeness (QED) is 0.666. The minimum absolute atomic E-state index is 0.133. The zero-order valence-corrected chi connectivity index (χ0v) is 15.0. The van der Waals surface area contributed by atoms with E-state index < -0.39 is 18.0 Å². The second-order valence-corrected chi connectivity index (χ2v) is 7.18. The van der Waals surface area contributed by atoms with Crippen molar-refractivity contribution >= 4 is 44.5 Å². The van der Waals surface area contributed by atoms with E-state index in [4.69, 9.17) is 0 Å². The highest BCUT2D eigenvalue weighted by Crippen LogP contribution is 2.25. The van der Waals surface area contributed by atoms with Crippen molar-refractivity contribution in [3.8, 4) is 0 Å². The van der Waals surface area contributed by atoms with Crippen molar-refractivity contribution in [3.05, 3.63) is 60.2 Å². The molecular formula is C19H16N4O3S. The Labute approximate surface area is 159 Å². The first-order chi connectivity index (χ1) is 13.1. The van der Waals surface area contributed by atoms with Crippen LogP contribution in [0.25, 0.3) is 10.2 Å². The van der Waals surface area contributed by atoms with E-state index in [1.54, 1.807) is 0 Å². The Kier molecular flexibility index (Phi) is 4.55. The molecule has 136 valence electrons. The summed E-state index contributed by atoms with van der Waals surface area (Å²) in [4.78, 5) is 42.4. The molecule has 3 aromatic rings. The molecule has 2 heterocycles. The molecule has 4 rings (SSSR count). The number of imide groups is 1. The van der Waals surface area contributed by atoms with Crippen molar-refractivity contribution < 1.29 is 14.4 Å². The summed E-state index contributed by atoms with van der Waals surface area (Å²) in [6.07, 6.45) is -0.133. The number of para-hydroxylation sites is 1. The normalized spacial score (nSPS) is 16.6. The largest absolute Gasteiger partial charge is 0.325 e. The van der Waals surface area contributed by atoms with Crippen LogP contribution in [0.2, 0.25) is 0 Å². The number of benzene rings is 2. The van der Waals surface area contributed by atoms with Crippen molar-refractivity contribution in [2.75, 3.05) is 5.32 Å². The Morgan fingerprint density at radius 2 is 1.85 bits per heavy atom. The monoisotopic (exact) mass is 380 g/mol. The maximum atomic E-state index is 12.5. The maximum absolute atomic E-state index is 12.5. The standard InChI is InChI=1S/C19H16N4O3S/c24-16(22-18-20-13-8-4-5-9-15(13)27-18)10-14-17(25)23(19(26)21-14)11-12-6-2-1-3-7-12/h1-9,14H,10-11H2,(H,21,26)(H,20,22,24). The van der Waals surface area contributed by atoms with Gasteiger partial charge in [-0.05, 0) is 17.7 Å². The number of fused-ring (bicyclic) bond motifs is 1. The van der Waals surface area contributed by atoms with Crippen LogP contribution in [0.4, 0.5) is 9.93 Å². The van der Waals surface area contributed by atoms with E-state index in [-0.39, 0.29) is 18.9 Å². The number of hydrogen-bond donors (Lipinski definition) is 2. The van der Waals surface area contributed by atoms with Gasteiger partial charge in [0.15, 0.2) is 5.13 Å². The van der Waals surface area contributed by atoms with Crippen LogP contribution in [-0.2, 0) is 16.1 Å². The van der Waals surface area contributed by atoms with E-state index in [1.807, 2.05) is 54.6 Å². The van der Waals surface area contributed by atoms with Gasteiger partial charge in [0.2, 0.25) is 5.91 Å². The molecule has 1 unspecified atom stereocenters. The van der Waals surface area contributed by atoms with Crippen molar-refractivity contribution in [1.29, 1.82) is 0 Å². The maximum Gasteiger partial charge on any atom is 0.325 e. The van der Waals surface area contributed by atoms with E-state index in [9.17, 15) is 14.4 Å². The van der Waals surface area contributed by atoms with Gasteiger partial charge < -0.3 is 10.6 Å². The van der Waals surface area contributed by atoms with E-state index in [2.05, 4.69) is 15.6 Å². The van der Waals surface area contributed by atoms with Crippen molar-refractivity contribution in [2.45, 2.75) is 19.0 Å². The van der Waals surface area contributed by atoms with Gasteiger partial charge in [-0.3, -0.25) is 14.5 Å². The third-order valence-electron chi connectivity index (χ3n) is 4.22. The summed E-state index contributed by atoms with van der Waals surface area (Å²) in [5.41, 5.74) is 1.65. The molecule has 2 N–H and O–H groups in total. The lowest BCUT2D eigenvalue weighted by Crippen LogP contribution is -2.34. The van der Waals surface area contributed by atoms with Crippen LogP contribution in [-0.4, -0.2) is 33.8 Å². The second kappa shape index (κ2) is 7.16. The Balaban J connectivity index is 1.39. The van der Waals surface area contributed by atoms with Crippen LogP contribution in [0.15, 0.2) is 54.6 Å². The Morgan fingerprint density at radius 1 is 1.11 bits per heavy atom. The first-order valence-corrected chi connectivity index (χ1v) is 9.23. The summed E-state index contributed by atoms with van der Waals surface area (Å²) in [5, 5.41) is 5.75. The van der Waals surface area contributed by atoms with E-state index in [0.717, 1.165) is 20.7 Å². The average molecular weight is 380 g/mol. The summed E-state index contributed by atoms with van der Waals surface area (Å²) >= 11 is 1.36. The first-order valence-electron chi connectivity index (χ1n) is 8.41. The number of anilines is 1. The third kappa shape index (κ3) is 3.65. The number of urea groups is 1. The van der Waals surface area contributed by atoms with Gasteiger partial charge in [-0.25, -0.2) is 9.78 Å². The lowest BCUT2D eigenvalue weighted by molar-refractivity contribution is -0.130. The fraction of sp³-hybridized carbons (Fsp3) is 0.158. The van der Waals surface area contributed by atoms with E-state index >= 15 is 0 Å². The van der Waals surface area contributed by atoms with Crippen LogP contribution in [0, 0.1) is 0 Å². The van der Waals surface area contributed by atoms with Crippen LogP contribution in [0.3, 0.4) is 0 Å². The summed E-state index contributed by atoms with van der Waals surface area (Å²) in [7, 11) is 0. The predicted molar refractivity (Wildman–Crippen MR) is 102 cm³/mol. The zero-order valence-electron chi connectivity index (χ0n) is 14.2. The molecule has 7 nitrogen and oxygen atoms in total. The zero-order chi connectivity index (χ0) is 18.8. The lowest BCUT2D eigenvalue weighted by Gasteiger charge is -2.12. The molecule has 1 aromatic heterocycles. The minimum atomic E-state index is -0.865. The number of aromatic nitrogens is 1. The Morgan fingerprint density at radius 3 is 2.63 bits per heavy atom. The molecule has 4 amide bonds. The fourth-order valence-corrected chi connectivity index (χ4v) is 3.79. The van der Waals surface area contributed by atoms with Gasteiger partial charge in [0.25, 0.3) is 5.91 Å². The molecule has 0 spiro atoms. The average Bonchev–Trinajstić information content (AvgIpc) is 3.18. The van der Waals surface area contributed by atoms with Gasteiger partial charge in [-0.2, -0.15) is 0 Å². The highest BCUT2D eigenvalue weighted by Gasteiger charge is 2.39. The molecule has 0 bridgehead atoms. The second-order valence-electron chi connectivity index (χ2n) is 6.15. The number of nitrogens with one attached hydrogen (secondary N) is 2. The molecule has 8 heteroatoms. The SMILES string of the molecule is O=C(CC1NC(=O)N(Cc2ccccc2)C1=O)Nc1nc2ccccc2s1. The van der Waals surface area contributed by atoms with E-state index in [1.165, 1.54) is 11.3 Å². The predicted octanol–water partition coefficient (Wildman–Crippen LogP) is 2.75. The molecule has 0 aliphatic carbocycles. The third-order valence-corrected chi connectivity index (χ3v) is 5.17. The highest BCUT2D eigenvalue weighted by atomic mass is 32.1. The number of rotatable bonds is 5. The Bertz CT molecular complexity index is 985. The summed E-state index contributed by atoms with van der Waals surface area (Å²) in [6, 6.07) is 15.5.